The molecule has 0 aliphatic rings. The van der Waals surface area contributed by atoms with Gasteiger partial charge in [0.15, 0.2) is 18.1 Å². The predicted molar refractivity (Wildman–Crippen MR) is 106 cm³/mol. The van der Waals surface area contributed by atoms with Crippen LogP contribution < -0.4 is 14.8 Å². The first kappa shape index (κ1) is 23.7. The summed E-state index contributed by atoms with van der Waals surface area (Å²) >= 11 is 3.35. The van der Waals surface area contributed by atoms with Crippen LogP contribution in [0.3, 0.4) is 0 Å². The van der Waals surface area contributed by atoms with E-state index in [-0.39, 0.29) is 24.5 Å². The molecule has 0 unspecified atom stereocenters. The first-order chi connectivity index (χ1) is 13.4. The zero-order chi connectivity index (χ0) is 20.9. The molecular formula is C19H26BrNO7. The molecule has 8 nitrogen and oxygen atoms in total. The van der Waals surface area contributed by atoms with Crippen molar-refractivity contribution in [3.05, 3.63) is 22.2 Å². The number of carbonyl (C=O) groups excluding carboxylic acids is 3. The van der Waals surface area contributed by atoms with Crippen LogP contribution in [0.15, 0.2) is 16.6 Å². The summed E-state index contributed by atoms with van der Waals surface area (Å²) in [6, 6.07) is 3.04. The van der Waals surface area contributed by atoms with E-state index in [2.05, 4.69) is 21.2 Å². The van der Waals surface area contributed by atoms with Crippen molar-refractivity contribution in [2.45, 2.75) is 33.1 Å². The van der Waals surface area contributed by atoms with Crippen molar-refractivity contribution < 1.29 is 33.3 Å². The van der Waals surface area contributed by atoms with Crippen LogP contribution in [-0.2, 0) is 19.1 Å². The van der Waals surface area contributed by atoms with E-state index in [4.69, 9.17) is 18.9 Å². The lowest BCUT2D eigenvalue weighted by atomic mass is 10.2. The molecule has 0 saturated carbocycles. The summed E-state index contributed by atoms with van der Waals surface area (Å²) in [4.78, 5) is 35.2. The molecule has 1 aromatic rings. The van der Waals surface area contributed by atoms with E-state index >= 15 is 0 Å². The van der Waals surface area contributed by atoms with E-state index in [0.717, 1.165) is 6.42 Å². The number of nitrogens with one attached hydrogen (secondary N) is 1. The summed E-state index contributed by atoms with van der Waals surface area (Å²) in [7, 11) is 1.47. The third kappa shape index (κ3) is 8.16. The molecule has 0 spiro atoms. The maximum atomic E-state index is 12.2. The Labute approximate surface area is 173 Å². The minimum atomic E-state index is -0.664. The lowest BCUT2D eigenvalue weighted by Gasteiger charge is -2.13. The standard InChI is InChI=1S/C19H26BrNO7/c1-4-9-27-18-14(20)10-13(11-15(18)25-3)19(24)28-12-16(22)21-8-6-7-17(23)26-5-2/h10-11H,4-9,12H2,1-3H3,(H,21,22). The molecule has 0 aliphatic carbocycles. The van der Waals surface area contributed by atoms with Crippen LogP contribution in [0, 0.1) is 0 Å². The lowest BCUT2D eigenvalue weighted by molar-refractivity contribution is -0.143. The monoisotopic (exact) mass is 459 g/mol. The molecular weight excluding hydrogens is 434 g/mol. The molecule has 156 valence electrons. The first-order valence-corrected chi connectivity index (χ1v) is 9.81. The van der Waals surface area contributed by atoms with E-state index < -0.39 is 18.5 Å². The van der Waals surface area contributed by atoms with Crippen LogP contribution in [0.2, 0.25) is 0 Å². The summed E-state index contributed by atoms with van der Waals surface area (Å²) in [6.45, 7) is 4.41. The highest BCUT2D eigenvalue weighted by Crippen LogP contribution is 2.36. The van der Waals surface area contributed by atoms with Gasteiger partial charge in [-0.3, -0.25) is 9.59 Å². The number of amides is 1. The molecule has 0 atom stereocenters. The minimum Gasteiger partial charge on any atom is -0.493 e. The molecule has 0 fully saturated rings. The van der Waals surface area contributed by atoms with Gasteiger partial charge in [-0.2, -0.15) is 0 Å². The number of benzene rings is 1. The van der Waals surface area contributed by atoms with Gasteiger partial charge in [-0.05, 0) is 47.8 Å². The summed E-state index contributed by atoms with van der Waals surface area (Å²) in [6.07, 6.45) is 1.49. The number of hydrogen-bond acceptors (Lipinski definition) is 7. The van der Waals surface area contributed by atoms with Gasteiger partial charge >= 0.3 is 11.9 Å². The van der Waals surface area contributed by atoms with Crippen molar-refractivity contribution >= 4 is 33.8 Å². The summed E-state index contributed by atoms with van der Waals surface area (Å²) in [5, 5.41) is 2.58. The van der Waals surface area contributed by atoms with Crippen LogP contribution >= 0.6 is 15.9 Å². The fraction of sp³-hybridized carbons (Fsp3) is 0.526. The van der Waals surface area contributed by atoms with E-state index in [1.54, 1.807) is 13.0 Å². The van der Waals surface area contributed by atoms with E-state index in [9.17, 15) is 14.4 Å². The molecule has 1 aromatic carbocycles. The molecule has 9 heteroatoms. The Morgan fingerprint density at radius 1 is 1.14 bits per heavy atom. The maximum absolute atomic E-state index is 12.2. The Balaban J connectivity index is 2.51. The average Bonchev–Trinajstić information content (AvgIpc) is 2.68. The SMILES string of the molecule is CCCOc1c(Br)cc(C(=O)OCC(=O)NCCCC(=O)OCC)cc1OC. The summed E-state index contributed by atoms with van der Waals surface area (Å²) < 4.78 is 21.2. The number of esters is 2. The van der Waals surface area contributed by atoms with Crippen molar-refractivity contribution in [3.63, 3.8) is 0 Å². The van der Waals surface area contributed by atoms with Crippen molar-refractivity contribution in [2.75, 3.05) is 33.5 Å². The summed E-state index contributed by atoms with van der Waals surface area (Å²) in [5.41, 5.74) is 0.225. The van der Waals surface area contributed by atoms with Crippen molar-refractivity contribution in [1.82, 2.24) is 5.32 Å². The average molecular weight is 460 g/mol. The Kier molecular flexibility index (Phi) is 11.0. The largest absolute Gasteiger partial charge is 0.493 e. The number of halogens is 1. The van der Waals surface area contributed by atoms with Crippen molar-refractivity contribution in [2.24, 2.45) is 0 Å². The fourth-order valence-corrected chi connectivity index (χ4v) is 2.70. The van der Waals surface area contributed by atoms with Crippen molar-refractivity contribution in [1.29, 1.82) is 0 Å². The fourth-order valence-electron chi connectivity index (χ4n) is 2.14. The molecule has 1 amide bonds. The zero-order valence-corrected chi connectivity index (χ0v) is 17.9. The van der Waals surface area contributed by atoms with Crippen LogP contribution in [-0.4, -0.2) is 51.3 Å². The van der Waals surface area contributed by atoms with Crippen molar-refractivity contribution in [3.8, 4) is 11.5 Å². The second-order valence-corrected chi connectivity index (χ2v) is 6.53. The molecule has 1 rings (SSSR count). The second kappa shape index (κ2) is 13.0. The quantitative estimate of drug-likeness (QED) is 0.378. The van der Waals surface area contributed by atoms with E-state index in [0.29, 0.717) is 35.6 Å². The smallest absolute Gasteiger partial charge is 0.338 e. The molecule has 0 bridgehead atoms. The first-order valence-electron chi connectivity index (χ1n) is 9.02. The number of methoxy groups -OCH3 is 1. The Hall–Kier alpha value is -2.29. The Morgan fingerprint density at radius 3 is 2.54 bits per heavy atom. The van der Waals surface area contributed by atoms with E-state index in [1.165, 1.54) is 13.2 Å². The molecule has 0 aliphatic heterocycles. The summed E-state index contributed by atoms with van der Waals surface area (Å²) in [5.74, 6) is -0.540. The molecule has 0 saturated heterocycles. The van der Waals surface area contributed by atoms with Gasteiger partial charge in [-0.1, -0.05) is 6.92 Å². The maximum Gasteiger partial charge on any atom is 0.338 e. The van der Waals surface area contributed by atoms with Gasteiger partial charge in [-0.15, -0.1) is 0 Å². The van der Waals surface area contributed by atoms with Gasteiger partial charge in [0.05, 0.1) is 30.4 Å². The van der Waals surface area contributed by atoms with Crippen LogP contribution in [0.4, 0.5) is 0 Å². The third-order valence-corrected chi connectivity index (χ3v) is 4.02. The normalized spacial score (nSPS) is 10.1. The van der Waals surface area contributed by atoms with Gasteiger partial charge < -0.3 is 24.3 Å². The van der Waals surface area contributed by atoms with Crippen LogP contribution in [0.5, 0.6) is 11.5 Å². The lowest BCUT2D eigenvalue weighted by Crippen LogP contribution is -2.30. The highest BCUT2D eigenvalue weighted by atomic mass is 79.9. The van der Waals surface area contributed by atoms with Gasteiger partial charge in [0.1, 0.15) is 0 Å². The highest BCUT2D eigenvalue weighted by Gasteiger charge is 2.17. The van der Waals surface area contributed by atoms with Gasteiger partial charge in [-0.25, -0.2) is 4.79 Å². The Morgan fingerprint density at radius 2 is 1.89 bits per heavy atom. The van der Waals surface area contributed by atoms with E-state index in [1.807, 2.05) is 6.92 Å². The molecule has 0 heterocycles. The molecule has 1 N–H and O–H groups in total. The minimum absolute atomic E-state index is 0.216. The van der Waals surface area contributed by atoms with Gasteiger partial charge in [0.25, 0.3) is 5.91 Å². The Bertz CT molecular complexity index is 678. The topological polar surface area (TPSA) is 100 Å². The highest BCUT2D eigenvalue weighted by molar-refractivity contribution is 9.10. The molecule has 0 radical (unpaired) electrons. The van der Waals surface area contributed by atoms with Gasteiger partial charge in [0, 0.05) is 13.0 Å². The number of hydrogen-bond donors (Lipinski definition) is 1. The second-order valence-electron chi connectivity index (χ2n) is 5.67. The number of rotatable bonds is 12. The number of ether oxygens (including phenoxy) is 4. The zero-order valence-electron chi connectivity index (χ0n) is 16.3. The van der Waals surface area contributed by atoms with Gasteiger partial charge in [0.2, 0.25) is 0 Å². The predicted octanol–water partition coefficient (Wildman–Crippen LogP) is 2.86. The van der Waals surface area contributed by atoms with Crippen LogP contribution in [0.25, 0.3) is 0 Å². The molecule has 28 heavy (non-hydrogen) atoms. The third-order valence-electron chi connectivity index (χ3n) is 3.44. The van der Waals surface area contributed by atoms with Crippen LogP contribution in [0.1, 0.15) is 43.5 Å². The number of carbonyl (C=O) groups is 3. The molecule has 0 aromatic heterocycles.